The van der Waals surface area contributed by atoms with Gasteiger partial charge in [0.1, 0.15) is 41.4 Å². The summed E-state index contributed by atoms with van der Waals surface area (Å²) in [5.74, 6) is -0.285. The van der Waals surface area contributed by atoms with Gasteiger partial charge in [0.15, 0.2) is 12.6 Å². The zero-order valence-corrected chi connectivity index (χ0v) is 26.1. The summed E-state index contributed by atoms with van der Waals surface area (Å²) < 4.78 is 63.5. The molecule has 244 valence electrons. The van der Waals surface area contributed by atoms with Crippen molar-refractivity contribution < 1.29 is 32.5 Å². The Morgan fingerprint density at radius 1 is 1.09 bits per heavy atom. The van der Waals surface area contributed by atoms with E-state index in [0.717, 1.165) is 25.8 Å². The summed E-state index contributed by atoms with van der Waals surface area (Å²) in [6.45, 7) is 4.12. The van der Waals surface area contributed by atoms with Crippen molar-refractivity contribution in [2.75, 3.05) is 51.6 Å². The topological polar surface area (TPSA) is 93.1 Å². The third-order valence-corrected chi connectivity index (χ3v) is 9.66. The number of β-amino-alcohol motifs (C(OH)–C–C–N with tert-alkyl or cyclic N) is 1. The van der Waals surface area contributed by atoms with Crippen molar-refractivity contribution >= 4 is 27.5 Å². The number of hydrogen-bond acceptors (Lipinski definition) is 9. The number of benzene rings is 2. The lowest BCUT2D eigenvalue weighted by molar-refractivity contribution is 0.0512. The second-order valence-corrected chi connectivity index (χ2v) is 12.6. The maximum atomic E-state index is 16.9. The van der Waals surface area contributed by atoms with E-state index in [9.17, 15) is 9.50 Å². The van der Waals surface area contributed by atoms with Crippen molar-refractivity contribution in [2.24, 2.45) is 0 Å². The number of methoxy groups -OCH3 is 1. The van der Waals surface area contributed by atoms with Crippen molar-refractivity contribution in [1.82, 2.24) is 19.9 Å². The van der Waals surface area contributed by atoms with Gasteiger partial charge in [-0.2, -0.15) is 9.97 Å². The van der Waals surface area contributed by atoms with Crippen LogP contribution in [0.5, 0.6) is 11.8 Å². The highest BCUT2D eigenvalue weighted by Gasteiger charge is 2.49. The average Bonchev–Trinajstić information content (AvgIpc) is 3.58. The van der Waals surface area contributed by atoms with Gasteiger partial charge in [0, 0.05) is 44.9 Å². The monoisotopic (exact) mass is 637 g/mol. The van der Waals surface area contributed by atoms with Crippen molar-refractivity contribution in [1.29, 1.82) is 0 Å². The Kier molecular flexibility index (Phi) is 8.37. The molecule has 3 aliphatic heterocycles. The van der Waals surface area contributed by atoms with Gasteiger partial charge >= 0.3 is 6.01 Å². The lowest BCUT2D eigenvalue weighted by Gasteiger charge is -2.32. The number of alkyl halides is 1. The van der Waals surface area contributed by atoms with Crippen molar-refractivity contribution in [3.63, 3.8) is 0 Å². The molecule has 3 saturated heterocycles. The zero-order chi connectivity index (χ0) is 32.0. The number of hydrogen-bond donors (Lipinski definition) is 1. The van der Waals surface area contributed by atoms with Crippen LogP contribution in [-0.4, -0.2) is 89.5 Å². The number of ether oxygens (including phenoxy) is 3. The SMILES string of the molecule is CCc1c(F)ccc2cc(OCOC)cc(-c3ncc4c(N5CCCC(O)C5)nc(OC[C@@]56CCCN5C[C@H](F)C6)nc4c3F)c12. The van der Waals surface area contributed by atoms with E-state index in [0.29, 0.717) is 77.7 Å². The Bertz CT molecular complexity index is 1780. The highest BCUT2D eigenvalue weighted by molar-refractivity contribution is 6.01. The van der Waals surface area contributed by atoms with E-state index < -0.39 is 29.4 Å². The molecule has 2 aromatic carbocycles. The predicted molar refractivity (Wildman–Crippen MR) is 168 cm³/mol. The van der Waals surface area contributed by atoms with Crippen molar-refractivity contribution in [2.45, 2.75) is 63.3 Å². The molecule has 3 atom stereocenters. The molecule has 1 N–H and O–H groups in total. The van der Waals surface area contributed by atoms with Gasteiger partial charge in [0.2, 0.25) is 0 Å². The highest BCUT2D eigenvalue weighted by atomic mass is 19.1. The van der Waals surface area contributed by atoms with Gasteiger partial charge in [0.05, 0.1) is 17.0 Å². The van der Waals surface area contributed by atoms with Crippen LogP contribution in [0.3, 0.4) is 0 Å². The van der Waals surface area contributed by atoms with E-state index in [4.69, 9.17) is 19.2 Å². The fourth-order valence-electron chi connectivity index (χ4n) is 7.54. The van der Waals surface area contributed by atoms with E-state index in [2.05, 4.69) is 14.9 Å². The summed E-state index contributed by atoms with van der Waals surface area (Å²) in [7, 11) is 1.50. The number of nitrogens with zero attached hydrogens (tertiary/aromatic N) is 5. The lowest BCUT2D eigenvalue weighted by atomic mass is 9.94. The van der Waals surface area contributed by atoms with Crippen LogP contribution in [0.1, 0.15) is 44.6 Å². The van der Waals surface area contributed by atoms with Crippen LogP contribution >= 0.6 is 0 Å². The Hall–Kier alpha value is -3.74. The van der Waals surface area contributed by atoms with Crippen LogP contribution in [0.2, 0.25) is 0 Å². The molecule has 3 aliphatic rings. The Balaban J connectivity index is 1.38. The van der Waals surface area contributed by atoms with Crippen molar-refractivity contribution in [3.8, 4) is 23.0 Å². The van der Waals surface area contributed by atoms with Gasteiger partial charge in [-0.1, -0.05) is 13.0 Å². The molecular weight excluding hydrogens is 599 g/mol. The number of aliphatic hydroxyl groups excluding tert-OH is 1. The summed E-state index contributed by atoms with van der Waals surface area (Å²) in [5, 5.41) is 12.0. The number of aromatic nitrogens is 3. The van der Waals surface area contributed by atoms with E-state index in [1.165, 1.54) is 19.4 Å². The number of rotatable bonds is 9. The zero-order valence-electron chi connectivity index (χ0n) is 26.1. The van der Waals surface area contributed by atoms with Crippen LogP contribution in [0.4, 0.5) is 19.0 Å². The summed E-state index contributed by atoms with van der Waals surface area (Å²) in [5.41, 5.74) is 0.322. The van der Waals surface area contributed by atoms with Crippen LogP contribution in [-0.2, 0) is 11.2 Å². The number of fused-ring (bicyclic) bond motifs is 3. The minimum Gasteiger partial charge on any atom is -0.468 e. The van der Waals surface area contributed by atoms with Crippen LogP contribution in [0.15, 0.2) is 30.5 Å². The van der Waals surface area contributed by atoms with Gasteiger partial charge in [-0.3, -0.25) is 9.88 Å². The molecule has 0 radical (unpaired) electrons. The first-order valence-electron chi connectivity index (χ1n) is 16.0. The van der Waals surface area contributed by atoms with Crippen LogP contribution in [0, 0.1) is 11.6 Å². The van der Waals surface area contributed by atoms with Gasteiger partial charge in [-0.05, 0) is 73.2 Å². The normalized spacial score (nSPS) is 23.4. The molecular formula is C34H38F3N5O4. The van der Waals surface area contributed by atoms with E-state index in [1.54, 1.807) is 18.2 Å². The molecule has 2 aromatic heterocycles. The molecule has 3 fully saturated rings. The number of pyridine rings is 1. The standard InChI is InChI=1S/C34H38F3N5O4/c1-3-24-27(36)8-7-20-12-23(46-19-44-2)13-25(28(20)24)30-29(37)31-26(15-38-30)32(41-10-4-6-22(43)17-41)40-33(39-31)45-18-34-9-5-11-42(34)16-21(35)14-34/h7-8,12-13,15,21-22,43H,3-6,9-11,14,16-19H2,1-2H3/t21-,22?,34+/m1/s1. The maximum absolute atomic E-state index is 16.9. The summed E-state index contributed by atoms with van der Waals surface area (Å²) in [6, 6.07) is 6.41. The molecule has 46 heavy (non-hydrogen) atoms. The Morgan fingerprint density at radius 3 is 2.76 bits per heavy atom. The predicted octanol–water partition coefficient (Wildman–Crippen LogP) is 5.58. The fourth-order valence-corrected chi connectivity index (χ4v) is 7.54. The second-order valence-electron chi connectivity index (χ2n) is 12.6. The molecule has 0 spiro atoms. The number of piperidine rings is 1. The molecule has 7 rings (SSSR count). The molecule has 1 unspecified atom stereocenters. The average molecular weight is 638 g/mol. The Morgan fingerprint density at radius 2 is 1.96 bits per heavy atom. The minimum atomic E-state index is -0.922. The Labute approximate surface area is 265 Å². The number of halogens is 3. The quantitative estimate of drug-likeness (QED) is 0.236. The molecule has 0 aliphatic carbocycles. The molecule has 9 nitrogen and oxygen atoms in total. The fraction of sp³-hybridized carbons (Fsp3) is 0.500. The highest BCUT2D eigenvalue weighted by Crippen LogP contribution is 2.42. The number of aryl methyl sites for hydroxylation is 1. The molecule has 0 amide bonds. The first-order valence-corrected chi connectivity index (χ1v) is 16.0. The largest absolute Gasteiger partial charge is 0.468 e. The molecule has 12 heteroatoms. The second kappa shape index (κ2) is 12.5. The third kappa shape index (κ3) is 5.50. The maximum Gasteiger partial charge on any atom is 0.319 e. The molecule has 4 aromatic rings. The lowest BCUT2D eigenvalue weighted by Crippen LogP contribution is -2.43. The van der Waals surface area contributed by atoms with Gasteiger partial charge < -0.3 is 24.2 Å². The summed E-state index contributed by atoms with van der Waals surface area (Å²) in [4.78, 5) is 17.9. The molecule has 0 saturated carbocycles. The molecule has 0 bridgehead atoms. The van der Waals surface area contributed by atoms with Crippen molar-refractivity contribution in [3.05, 3.63) is 47.7 Å². The number of aliphatic hydroxyl groups is 1. The smallest absolute Gasteiger partial charge is 0.319 e. The van der Waals surface area contributed by atoms with Gasteiger partial charge in [0.25, 0.3) is 0 Å². The third-order valence-electron chi connectivity index (χ3n) is 9.66. The van der Waals surface area contributed by atoms with Crippen LogP contribution in [0.25, 0.3) is 32.9 Å². The van der Waals surface area contributed by atoms with E-state index >= 15 is 8.78 Å². The van der Waals surface area contributed by atoms with Gasteiger partial charge in [-0.15, -0.1) is 0 Å². The summed E-state index contributed by atoms with van der Waals surface area (Å²) >= 11 is 0. The minimum absolute atomic E-state index is 0.00792. The number of anilines is 1. The molecule has 5 heterocycles. The van der Waals surface area contributed by atoms with E-state index in [1.807, 2.05) is 11.8 Å². The first kappa shape index (κ1) is 30.9. The van der Waals surface area contributed by atoms with Crippen LogP contribution < -0.4 is 14.4 Å². The summed E-state index contributed by atoms with van der Waals surface area (Å²) in [6.07, 6.45) is 3.95. The van der Waals surface area contributed by atoms with E-state index in [-0.39, 0.29) is 30.6 Å². The van der Waals surface area contributed by atoms with Gasteiger partial charge in [-0.25, -0.2) is 13.2 Å². The first-order chi connectivity index (χ1) is 22.3.